The Morgan fingerprint density at radius 1 is 1.33 bits per heavy atom. The van der Waals surface area contributed by atoms with Gasteiger partial charge in [0.15, 0.2) is 0 Å². The number of hydrogen-bond acceptors (Lipinski definition) is 3. The molecule has 3 nitrogen and oxygen atoms in total. The first-order chi connectivity index (χ1) is 8.39. The lowest BCUT2D eigenvalue weighted by Gasteiger charge is -2.51. The highest BCUT2D eigenvalue weighted by molar-refractivity contribution is 5.66. The van der Waals surface area contributed by atoms with Gasteiger partial charge in [-0.15, -0.1) is 0 Å². The van der Waals surface area contributed by atoms with Gasteiger partial charge in [-0.2, -0.15) is 0 Å². The first-order valence-electron chi connectivity index (χ1n) is 6.98. The van der Waals surface area contributed by atoms with E-state index in [1.165, 1.54) is 19.8 Å². The third-order valence-corrected chi connectivity index (χ3v) is 4.95. The second-order valence-electron chi connectivity index (χ2n) is 6.14. The largest absolute Gasteiger partial charge is 0.458 e. The van der Waals surface area contributed by atoms with Crippen molar-refractivity contribution in [1.29, 1.82) is 0 Å². The van der Waals surface area contributed by atoms with Crippen LogP contribution in [0.5, 0.6) is 0 Å². The van der Waals surface area contributed by atoms with E-state index in [2.05, 4.69) is 13.5 Å². The zero-order valence-electron chi connectivity index (χ0n) is 11.5. The third-order valence-electron chi connectivity index (χ3n) is 4.95. The molecule has 2 rings (SSSR count). The molecule has 0 heterocycles. The molecule has 0 saturated heterocycles. The maximum atomic E-state index is 11.1. The summed E-state index contributed by atoms with van der Waals surface area (Å²) in [6.07, 6.45) is 6.54. The van der Waals surface area contributed by atoms with Gasteiger partial charge in [0, 0.05) is 12.3 Å². The van der Waals surface area contributed by atoms with Crippen molar-refractivity contribution in [3.05, 3.63) is 12.2 Å². The van der Waals surface area contributed by atoms with Crippen LogP contribution in [-0.4, -0.2) is 22.8 Å². The van der Waals surface area contributed by atoms with Crippen LogP contribution in [0.15, 0.2) is 12.2 Å². The molecule has 0 aromatic rings. The molecule has 0 aromatic heterocycles. The summed E-state index contributed by atoms with van der Waals surface area (Å²) >= 11 is 0. The minimum absolute atomic E-state index is 0.1000. The Labute approximate surface area is 109 Å². The molecule has 0 aromatic carbocycles. The number of rotatable bonds is 1. The van der Waals surface area contributed by atoms with Crippen LogP contribution in [0.3, 0.4) is 0 Å². The highest BCUT2D eigenvalue weighted by Crippen LogP contribution is 2.54. The first kappa shape index (κ1) is 13.6. The Morgan fingerprint density at radius 2 is 2.00 bits per heavy atom. The van der Waals surface area contributed by atoms with E-state index in [4.69, 9.17) is 4.74 Å². The van der Waals surface area contributed by atoms with Crippen LogP contribution >= 0.6 is 0 Å². The fourth-order valence-corrected chi connectivity index (χ4v) is 3.68. The van der Waals surface area contributed by atoms with Crippen molar-refractivity contribution < 1.29 is 14.6 Å². The van der Waals surface area contributed by atoms with Crippen molar-refractivity contribution in [1.82, 2.24) is 0 Å². The topological polar surface area (TPSA) is 46.5 Å². The van der Waals surface area contributed by atoms with E-state index in [0.717, 1.165) is 32.1 Å². The third kappa shape index (κ3) is 2.09. The monoisotopic (exact) mass is 252 g/mol. The van der Waals surface area contributed by atoms with Gasteiger partial charge in [-0.25, -0.2) is 0 Å². The van der Waals surface area contributed by atoms with Crippen molar-refractivity contribution >= 4 is 5.97 Å². The SMILES string of the molecule is C=C1[C@@H](OC(C)=O)CC[C@@]2(C)CCCCC[C@]12O. The molecule has 3 atom stereocenters. The van der Waals surface area contributed by atoms with Gasteiger partial charge in [-0.3, -0.25) is 4.79 Å². The summed E-state index contributed by atoms with van der Waals surface area (Å²) in [5.74, 6) is -0.290. The number of carbonyl (C=O) groups excluding carboxylic acids is 1. The van der Waals surface area contributed by atoms with Gasteiger partial charge in [0.25, 0.3) is 0 Å². The van der Waals surface area contributed by atoms with Crippen LogP contribution in [0.25, 0.3) is 0 Å². The van der Waals surface area contributed by atoms with Crippen LogP contribution in [0.4, 0.5) is 0 Å². The number of ether oxygens (including phenoxy) is 1. The fourth-order valence-electron chi connectivity index (χ4n) is 3.68. The van der Waals surface area contributed by atoms with Crippen molar-refractivity contribution in [2.24, 2.45) is 5.41 Å². The molecule has 18 heavy (non-hydrogen) atoms. The van der Waals surface area contributed by atoms with Gasteiger partial charge >= 0.3 is 5.97 Å². The van der Waals surface area contributed by atoms with Crippen molar-refractivity contribution in [3.63, 3.8) is 0 Å². The predicted molar refractivity (Wildman–Crippen MR) is 70.1 cm³/mol. The molecule has 0 bridgehead atoms. The van der Waals surface area contributed by atoms with Gasteiger partial charge in [-0.05, 0) is 31.3 Å². The van der Waals surface area contributed by atoms with Crippen molar-refractivity contribution in [2.75, 3.05) is 0 Å². The van der Waals surface area contributed by atoms with E-state index in [1.54, 1.807) is 0 Å². The fraction of sp³-hybridized carbons (Fsp3) is 0.800. The van der Waals surface area contributed by atoms with Crippen LogP contribution < -0.4 is 0 Å². The molecule has 2 fully saturated rings. The number of fused-ring (bicyclic) bond motifs is 1. The van der Waals surface area contributed by atoms with Crippen LogP contribution in [0.2, 0.25) is 0 Å². The van der Waals surface area contributed by atoms with Gasteiger partial charge < -0.3 is 9.84 Å². The molecule has 2 aliphatic rings. The van der Waals surface area contributed by atoms with E-state index in [0.29, 0.717) is 5.57 Å². The molecular weight excluding hydrogens is 228 g/mol. The lowest BCUT2D eigenvalue weighted by Crippen LogP contribution is -2.54. The molecule has 1 N–H and O–H groups in total. The van der Waals surface area contributed by atoms with E-state index in [9.17, 15) is 9.90 Å². The summed E-state index contributed by atoms with van der Waals surface area (Å²) < 4.78 is 5.30. The van der Waals surface area contributed by atoms with E-state index in [1.807, 2.05) is 0 Å². The van der Waals surface area contributed by atoms with Crippen LogP contribution in [-0.2, 0) is 9.53 Å². The number of aliphatic hydroxyl groups is 1. The van der Waals surface area contributed by atoms with Crippen molar-refractivity contribution in [2.45, 2.75) is 70.5 Å². The number of esters is 1. The minimum atomic E-state index is -0.859. The molecular formula is C15H24O3. The lowest BCUT2D eigenvalue weighted by molar-refractivity contribution is -0.152. The molecule has 2 aliphatic carbocycles. The van der Waals surface area contributed by atoms with Crippen LogP contribution in [0, 0.1) is 5.41 Å². The Balaban J connectivity index is 2.26. The molecule has 3 heteroatoms. The van der Waals surface area contributed by atoms with E-state index >= 15 is 0 Å². The number of hydrogen-bond donors (Lipinski definition) is 1. The summed E-state index contributed by atoms with van der Waals surface area (Å²) in [4.78, 5) is 11.1. The minimum Gasteiger partial charge on any atom is -0.458 e. The number of carbonyl (C=O) groups is 1. The normalized spacial score (nSPS) is 40.8. The second-order valence-corrected chi connectivity index (χ2v) is 6.14. The molecule has 102 valence electrons. The van der Waals surface area contributed by atoms with Crippen molar-refractivity contribution in [3.8, 4) is 0 Å². The molecule has 0 amide bonds. The maximum absolute atomic E-state index is 11.1. The average molecular weight is 252 g/mol. The quantitative estimate of drug-likeness (QED) is 0.576. The molecule has 0 aliphatic heterocycles. The zero-order chi connectivity index (χ0) is 13.4. The Morgan fingerprint density at radius 3 is 2.67 bits per heavy atom. The average Bonchev–Trinajstić information content (AvgIpc) is 2.45. The van der Waals surface area contributed by atoms with Gasteiger partial charge in [0.1, 0.15) is 6.10 Å². The van der Waals surface area contributed by atoms with E-state index in [-0.39, 0.29) is 17.5 Å². The first-order valence-corrected chi connectivity index (χ1v) is 6.98. The summed E-state index contributed by atoms with van der Waals surface area (Å²) in [6.45, 7) is 7.64. The van der Waals surface area contributed by atoms with Gasteiger partial charge in [0.05, 0.1) is 5.60 Å². The molecule has 2 saturated carbocycles. The highest BCUT2D eigenvalue weighted by Gasteiger charge is 2.54. The van der Waals surface area contributed by atoms with Gasteiger partial charge in [0.2, 0.25) is 0 Å². The molecule has 0 unspecified atom stereocenters. The summed E-state index contributed by atoms with van der Waals surface area (Å²) in [7, 11) is 0. The predicted octanol–water partition coefficient (Wildman–Crippen LogP) is 2.97. The highest BCUT2D eigenvalue weighted by atomic mass is 16.5. The van der Waals surface area contributed by atoms with Crippen LogP contribution in [0.1, 0.15) is 58.8 Å². The Bertz CT molecular complexity index is 363. The Kier molecular flexibility index (Phi) is 3.54. The Hall–Kier alpha value is -0.830. The zero-order valence-corrected chi connectivity index (χ0v) is 11.5. The summed E-state index contributed by atoms with van der Waals surface area (Å²) in [5.41, 5.74) is -0.243. The maximum Gasteiger partial charge on any atom is 0.303 e. The second kappa shape index (κ2) is 4.69. The summed E-state index contributed by atoms with van der Waals surface area (Å²) in [6, 6.07) is 0. The molecule has 0 spiro atoms. The molecule has 0 radical (unpaired) electrons. The summed E-state index contributed by atoms with van der Waals surface area (Å²) in [5, 5.41) is 11.1. The standard InChI is InChI=1S/C15H24O3/c1-11-13(18-12(2)16)7-10-14(3)8-5-4-6-9-15(11,14)17/h13,17H,1,4-10H2,2-3H3/t13-,14+,15-/m0/s1. The smallest absolute Gasteiger partial charge is 0.303 e. The lowest BCUT2D eigenvalue weighted by atomic mass is 9.59. The van der Waals surface area contributed by atoms with E-state index < -0.39 is 5.60 Å². The van der Waals surface area contributed by atoms with Gasteiger partial charge in [-0.1, -0.05) is 32.8 Å².